The first kappa shape index (κ1) is 54.6. The average molecular weight is 813 g/mol. The minimum absolute atomic E-state index is 0.0760. The van der Waals surface area contributed by atoms with Crippen molar-refractivity contribution >= 4 is 17.9 Å². The van der Waals surface area contributed by atoms with E-state index in [0.717, 1.165) is 83.5 Å². The summed E-state index contributed by atoms with van der Waals surface area (Å²) in [5.74, 6) is -1.19. The zero-order valence-corrected chi connectivity index (χ0v) is 37.2. The van der Waals surface area contributed by atoms with E-state index in [1.807, 2.05) is 18.2 Å². The van der Waals surface area contributed by atoms with Crippen molar-refractivity contribution in [1.29, 1.82) is 0 Å². The zero-order valence-electron chi connectivity index (χ0n) is 37.2. The molecular weight excluding hydrogens is 733 g/mol. The number of hydrogen-bond donors (Lipinski definition) is 0. The average Bonchev–Trinajstić information content (AvgIpc) is 3.23. The summed E-state index contributed by atoms with van der Waals surface area (Å²) >= 11 is 0. The maximum absolute atomic E-state index is 12.6. The van der Waals surface area contributed by atoms with Gasteiger partial charge in [-0.05, 0) is 83.5 Å². The first-order valence-corrected chi connectivity index (χ1v) is 22.7. The number of carbonyl (C=O) groups excluding carboxylic acids is 3. The fraction of sp³-hybridized carbons (Fsp3) is 0.528. The van der Waals surface area contributed by atoms with Crippen LogP contribution < -0.4 is 0 Å². The molecular formula is C53H80O6. The van der Waals surface area contributed by atoms with E-state index < -0.39 is 18.0 Å². The Hall–Kier alpha value is -4.45. The largest absolute Gasteiger partial charge is 0.462 e. The van der Waals surface area contributed by atoms with Crippen LogP contribution in [-0.2, 0) is 28.6 Å². The Morgan fingerprint density at radius 2 is 0.712 bits per heavy atom. The monoisotopic (exact) mass is 813 g/mol. The molecule has 0 saturated carbocycles. The molecule has 0 aromatic heterocycles. The van der Waals surface area contributed by atoms with Crippen LogP contribution in [-0.4, -0.2) is 37.2 Å². The van der Waals surface area contributed by atoms with Crippen molar-refractivity contribution in [3.05, 3.63) is 134 Å². The van der Waals surface area contributed by atoms with Gasteiger partial charge in [0.15, 0.2) is 6.10 Å². The van der Waals surface area contributed by atoms with Crippen molar-refractivity contribution in [3.63, 3.8) is 0 Å². The van der Waals surface area contributed by atoms with Crippen LogP contribution in [0.2, 0.25) is 0 Å². The molecule has 0 rings (SSSR count). The number of rotatable bonds is 38. The van der Waals surface area contributed by atoms with Gasteiger partial charge in [0.25, 0.3) is 0 Å². The molecule has 0 fully saturated rings. The van der Waals surface area contributed by atoms with Gasteiger partial charge in [-0.25, -0.2) is 0 Å². The van der Waals surface area contributed by atoms with Crippen LogP contribution >= 0.6 is 0 Å². The second-order valence-electron chi connectivity index (χ2n) is 14.2. The van der Waals surface area contributed by atoms with E-state index in [9.17, 15) is 14.4 Å². The van der Waals surface area contributed by atoms with Crippen LogP contribution in [0.15, 0.2) is 134 Å². The van der Waals surface area contributed by atoms with E-state index in [0.29, 0.717) is 19.3 Å². The molecule has 1 atom stereocenters. The lowest BCUT2D eigenvalue weighted by molar-refractivity contribution is -0.166. The minimum Gasteiger partial charge on any atom is -0.462 e. The number of carbonyl (C=O) groups is 3. The van der Waals surface area contributed by atoms with Crippen molar-refractivity contribution in [2.24, 2.45) is 0 Å². The quantitative estimate of drug-likeness (QED) is 0.0267. The zero-order chi connectivity index (χ0) is 43.0. The van der Waals surface area contributed by atoms with Gasteiger partial charge in [0.1, 0.15) is 13.2 Å². The van der Waals surface area contributed by atoms with E-state index in [1.165, 1.54) is 25.7 Å². The van der Waals surface area contributed by atoms with Gasteiger partial charge < -0.3 is 14.2 Å². The SMILES string of the molecule is CC/C=C\C/C=C\C/C=C\C/C=C\C/C=C\C/C=C\CCC(=O)OCC(COC(=O)CCCCCCCCC)OC(=O)C/C=C\C/C=C\C/C=C\C/C=C\C/C=C\CC. The molecule has 0 aromatic carbocycles. The van der Waals surface area contributed by atoms with Crippen molar-refractivity contribution in [2.75, 3.05) is 13.2 Å². The first-order valence-electron chi connectivity index (χ1n) is 22.7. The van der Waals surface area contributed by atoms with Gasteiger partial charge in [-0.15, -0.1) is 0 Å². The third-order valence-electron chi connectivity index (χ3n) is 8.70. The third kappa shape index (κ3) is 44.5. The molecule has 6 nitrogen and oxygen atoms in total. The number of ether oxygens (including phenoxy) is 3. The van der Waals surface area contributed by atoms with Crippen molar-refractivity contribution < 1.29 is 28.6 Å². The minimum atomic E-state index is -0.863. The molecule has 0 aliphatic rings. The van der Waals surface area contributed by atoms with Crippen LogP contribution in [0.4, 0.5) is 0 Å². The maximum atomic E-state index is 12.6. The standard InChI is InChI=1S/C53H80O6/c1-4-7-10-13-16-18-20-22-24-25-26-27-29-30-32-34-37-40-43-46-52(55)58-49-50(48-57-51(54)45-42-39-36-15-12-9-6-3)59-53(56)47-44-41-38-35-33-31-28-23-21-19-17-14-11-8-5-2/h7-8,10-11,16-19,22-24,26-28,30,32-33,35,37,40-41,44,50H,4-6,9,12-15,20-21,25,29,31,34,36,38-39,42-43,45-49H2,1-3H3/b10-7-,11-8-,18-16-,19-17-,24-22-,27-26-,28-23-,32-30-,35-33-,40-37-,44-41-. The van der Waals surface area contributed by atoms with Gasteiger partial charge >= 0.3 is 17.9 Å². The smallest absolute Gasteiger partial charge is 0.310 e. The van der Waals surface area contributed by atoms with E-state index in [1.54, 1.807) is 6.08 Å². The second kappa shape index (κ2) is 46.2. The van der Waals surface area contributed by atoms with Crippen LogP contribution in [0.1, 0.15) is 162 Å². The molecule has 6 heteroatoms. The maximum Gasteiger partial charge on any atom is 0.310 e. The van der Waals surface area contributed by atoms with Crippen LogP contribution in [0.3, 0.4) is 0 Å². The predicted molar refractivity (Wildman–Crippen MR) is 251 cm³/mol. The molecule has 0 saturated heterocycles. The van der Waals surface area contributed by atoms with Gasteiger partial charge in [0.2, 0.25) is 0 Å². The van der Waals surface area contributed by atoms with Gasteiger partial charge in [0, 0.05) is 12.8 Å². The topological polar surface area (TPSA) is 78.9 Å². The molecule has 0 spiro atoms. The lowest BCUT2D eigenvalue weighted by Crippen LogP contribution is -2.30. The molecule has 0 bridgehead atoms. The number of unbranched alkanes of at least 4 members (excludes halogenated alkanes) is 6. The summed E-state index contributed by atoms with van der Waals surface area (Å²) in [6.07, 6.45) is 64.8. The third-order valence-corrected chi connectivity index (χ3v) is 8.70. The molecule has 0 aromatic rings. The van der Waals surface area contributed by atoms with Crippen molar-refractivity contribution in [2.45, 2.75) is 168 Å². The molecule has 0 N–H and O–H groups in total. The normalized spacial score (nSPS) is 13.3. The molecule has 59 heavy (non-hydrogen) atoms. The Labute approximate surface area is 360 Å². The highest BCUT2D eigenvalue weighted by Gasteiger charge is 2.19. The molecule has 1 unspecified atom stereocenters. The summed E-state index contributed by atoms with van der Waals surface area (Å²) in [6.45, 7) is 6.17. The second-order valence-corrected chi connectivity index (χ2v) is 14.2. The molecule has 0 aliphatic heterocycles. The van der Waals surface area contributed by atoms with Crippen molar-refractivity contribution in [1.82, 2.24) is 0 Å². The summed E-state index contributed by atoms with van der Waals surface area (Å²) in [4.78, 5) is 37.5. The summed E-state index contributed by atoms with van der Waals surface area (Å²) in [5.41, 5.74) is 0. The van der Waals surface area contributed by atoms with Gasteiger partial charge in [0.05, 0.1) is 6.42 Å². The van der Waals surface area contributed by atoms with Crippen LogP contribution in [0.25, 0.3) is 0 Å². The predicted octanol–water partition coefficient (Wildman–Crippen LogP) is 14.7. The highest BCUT2D eigenvalue weighted by molar-refractivity contribution is 5.72. The summed E-state index contributed by atoms with van der Waals surface area (Å²) < 4.78 is 16.5. The lowest BCUT2D eigenvalue weighted by Gasteiger charge is -2.18. The van der Waals surface area contributed by atoms with Gasteiger partial charge in [-0.1, -0.05) is 193 Å². The molecule has 328 valence electrons. The lowest BCUT2D eigenvalue weighted by atomic mass is 10.1. The van der Waals surface area contributed by atoms with E-state index in [-0.39, 0.29) is 32.0 Å². The Kier molecular flexibility index (Phi) is 42.8. The number of hydrogen-bond acceptors (Lipinski definition) is 6. The molecule has 0 heterocycles. The van der Waals surface area contributed by atoms with Crippen LogP contribution in [0, 0.1) is 0 Å². The number of esters is 3. The first-order chi connectivity index (χ1) is 29.0. The van der Waals surface area contributed by atoms with E-state index in [2.05, 4.69) is 130 Å². The van der Waals surface area contributed by atoms with E-state index >= 15 is 0 Å². The Balaban J connectivity index is 4.59. The highest BCUT2D eigenvalue weighted by Crippen LogP contribution is 2.10. The van der Waals surface area contributed by atoms with Crippen LogP contribution in [0.5, 0.6) is 0 Å². The Morgan fingerprint density at radius 3 is 1.12 bits per heavy atom. The van der Waals surface area contributed by atoms with Gasteiger partial charge in [-0.3, -0.25) is 14.4 Å². The van der Waals surface area contributed by atoms with Crippen molar-refractivity contribution in [3.8, 4) is 0 Å². The highest BCUT2D eigenvalue weighted by atomic mass is 16.6. The Bertz CT molecular complexity index is 1350. The molecule has 0 radical (unpaired) electrons. The number of allylic oxidation sites excluding steroid dienone is 21. The van der Waals surface area contributed by atoms with Gasteiger partial charge in [-0.2, -0.15) is 0 Å². The fourth-order valence-electron chi connectivity index (χ4n) is 5.36. The summed E-state index contributed by atoms with van der Waals surface area (Å²) in [6, 6.07) is 0. The Morgan fingerprint density at radius 1 is 0.373 bits per heavy atom. The molecule has 0 aliphatic carbocycles. The van der Waals surface area contributed by atoms with E-state index in [4.69, 9.17) is 14.2 Å². The summed E-state index contributed by atoms with van der Waals surface area (Å²) in [5, 5.41) is 0. The fourth-order valence-corrected chi connectivity index (χ4v) is 5.36. The molecule has 0 amide bonds. The summed E-state index contributed by atoms with van der Waals surface area (Å²) in [7, 11) is 0.